The molecule has 8 heteroatoms. The van der Waals surface area contributed by atoms with Gasteiger partial charge in [0, 0.05) is 38.4 Å². The summed E-state index contributed by atoms with van der Waals surface area (Å²) in [5, 5.41) is 2.77. The standard InChI is InChI=1S/C24H27N3O5/c1-31-22(28)19-15-20(23(29)32-2)17-21(16-19)25-24(30)27-13-11-26(12-14-27)10-6-9-18-7-4-3-5-8-18/h3-9,15-17H,10-14H2,1-2H3,(H,25,30)/b9-6-. The zero-order chi connectivity index (χ0) is 22.9. The highest BCUT2D eigenvalue weighted by Gasteiger charge is 2.21. The predicted molar refractivity (Wildman–Crippen MR) is 122 cm³/mol. The number of hydrogen-bond donors (Lipinski definition) is 1. The van der Waals surface area contributed by atoms with Gasteiger partial charge >= 0.3 is 18.0 Å². The van der Waals surface area contributed by atoms with Crippen molar-refractivity contribution in [3.05, 3.63) is 71.3 Å². The van der Waals surface area contributed by atoms with E-state index >= 15 is 0 Å². The molecule has 0 aromatic heterocycles. The Hall–Kier alpha value is -3.65. The number of benzene rings is 2. The van der Waals surface area contributed by atoms with Crippen LogP contribution in [0.15, 0.2) is 54.6 Å². The Kier molecular flexibility index (Phi) is 7.99. The molecule has 1 saturated heterocycles. The minimum Gasteiger partial charge on any atom is -0.465 e. The van der Waals surface area contributed by atoms with Gasteiger partial charge in [0.05, 0.1) is 25.3 Å². The second-order valence-electron chi connectivity index (χ2n) is 7.31. The van der Waals surface area contributed by atoms with Crippen LogP contribution in [0.25, 0.3) is 6.08 Å². The van der Waals surface area contributed by atoms with Crippen LogP contribution in [0.1, 0.15) is 26.3 Å². The second-order valence-corrected chi connectivity index (χ2v) is 7.31. The van der Waals surface area contributed by atoms with Crippen molar-refractivity contribution in [3.8, 4) is 0 Å². The average Bonchev–Trinajstić information content (AvgIpc) is 2.83. The first kappa shape index (κ1) is 23.0. The van der Waals surface area contributed by atoms with E-state index in [0.717, 1.165) is 25.2 Å². The summed E-state index contributed by atoms with van der Waals surface area (Å²) in [6.45, 7) is 3.47. The summed E-state index contributed by atoms with van der Waals surface area (Å²) >= 11 is 0. The van der Waals surface area contributed by atoms with Crippen LogP contribution in [0.4, 0.5) is 10.5 Å². The summed E-state index contributed by atoms with van der Waals surface area (Å²) in [6, 6.07) is 14.1. The molecule has 2 aromatic rings. The van der Waals surface area contributed by atoms with E-state index in [1.165, 1.54) is 32.4 Å². The number of carbonyl (C=O) groups is 3. The topological polar surface area (TPSA) is 88.2 Å². The minimum atomic E-state index is -0.608. The number of rotatable bonds is 6. The van der Waals surface area contributed by atoms with Gasteiger partial charge in [0.1, 0.15) is 0 Å². The van der Waals surface area contributed by atoms with Gasteiger partial charge in [-0.05, 0) is 23.8 Å². The molecule has 1 aliphatic heterocycles. The third-order valence-corrected chi connectivity index (χ3v) is 5.16. The number of urea groups is 1. The predicted octanol–water partition coefficient (Wildman–Crippen LogP) is 3.12. The average molecular weight is 437 g/mol. The quantitative estimate of drug-likeness (QED) is 0.699. The molecule has 8 nitrogen and oxygen atoms in total. The molecule has 32 heavy (non-hydrogen) atoms. The van der Waals surface area contributed by atoms with Crippen molar-refractivity contribution in [1.29, 1.82) is 0 Å². The van der Waals surface area contributed by atoms with Crippen molar-refractivity contribution in [1.82, 2.24) is 9.80 Å². The number of anilines is 1. The lowest BCUT2D eigenvalue weighted by molar-refractivity contribution is 0.0599. The van der Waals surface area contributed by atoms with Gasteiger partial charge in [0.2, 0.25) is 0 Å². The monoisotopic (exact) mass is 437 g/mol. The summed E-state index contributed by atoms with van der Waals surface area (Å²) in [7, 11) is 2.50. The molecule has 0 radical (unpaired) electrons. The van der Waals surface area contributed by atoms with Crippen molar-refractivity contribution >= 4 is 29.7 Å². The Morgan fingerprint density at radius 1 is 0.906 bits per heavy atom. The third-order valence-electron chi connectivity index (χ3n) is 5.16. The summed E-state index contributed by atoms with van der Waals surface area (Å²) in [4.78, 5) is 40.5. The fraction of sp³-hybridized carbons (Fsp3) is 0.292. The molecule has 1 aliphatic rings. The van der Waals surface area contributed by atoms with Crippen molar-refractivity contribution in [2.24, 2.45) is 0 Å². The van der Waals surface area contributed by atoms with Gasteiger partial charge in [0.15, 0.2) is 0 Å². The SMILES string of the molecule is COC(=O)c1cc(NC(=O)N2CCN(C/C=C\c3ccccc3)CC2)cc(C(=O)OC)c1. The lowest BCUT2D eigenvalue weighted by Gasteiger charge is -2.34. The molecule has 0 spiro atoms. The fourth-order valence-electron chi connectivity index (χ4n) is 3.41. The normalized spacial score (nSPS) is 14.2. The van der Waals surface area contributed by atoms with E-state index in [1.807, 2.05) is 18.2 Å². The Bertz CT molecular complexity index is 948. The van der Waals surface area contributed by atoms with Crippen molar-refractivity contribution in [3.63, 3.8) is 0 Å². The number of esters is 2. The van der Waals surface area contributed by atoms with Gasteiger partial charge in [-0.15, -0.1) is 0 Å². The van der Waals surface area contributed by atoms with E-state index in [1.54, 1.807) is 4.90 Å². The molecule has 1 N–H and O–H groups in total. The van der Waals surface area contributed by atoms with E-state index in [9.17, 15) is 14.4 Å². The number of amides is 2. The molecule has 3 rings (SSSR count). The number of methoxy groups -OCH3 is 2. The minimum absolute atomic E-state index is 0.153. The van der Waals surface area contributed by atoms with Crippen molar-refractivity contribution < 1.29 is 23.9 Å². The largest absolute Gasteiger partial charge is 0.465 e. The van der Waals surface area contributed by atoms with Gasteiger partial charge in [-0.25, -0.2) is 14.4 Å². The van der Waals surface area contributed by atoms with Crippen LogP contribution in [0.2, 0.25) is 0 Å². The molecule has 0 bridgehead atoms. The van der Waals surface area contributed by atoms with Crippen LogP contribution in [0.3, 0.4) is 0 Å². The van der Waals surface area contributed by atoms with E-state index in [4.69, 9.17) is 9.47 Å². The zero-order valence-corrected chi connectivity index (χ0v) is 18.2. The Morgan fingerprint density at radius 3 is 2.06 bits per heavy atom. The van der Waals surface area contributed by atoms with E-state index in [2.05, 4.69) is 34.5 Å². The first-order valence-corrected chi connectivity index (χ1v) is 10.3. The van der Waals surface area contributed by atoms with Crippen LogP contribution < -0.4 is 5.32 Å². The smallest absolute Gasteiger partial charge is 0.337 e. The lowest BCUT2D eigenvalue weighted by Crippen LogP contribution is -2.49. The van der Waals surface area contributed by atoms with Crippen molar-refractivity contribution in [2.75, 3.05) is 52.3 Å². The maximum absolute atomic E-state index is 12.7. The van der Waals surface area contributed by atoms with E-state index in [-0.39, 0.29) is 17.2 Å². The summed E-state index contributed by atoms with van der Waals surface area (Å²) in [6.07, 6.45) is 4.21. The number of hydrogen-bond acceptors (Lipinski definition) is 6. The highest BCUT2D eigenvalue weighted by Crippen LogP contribution is 2.18. The maximum atomic E-state index is 12.7. The Morgan fingerprint density at radius 2 is 1.50 bits per heavy atom. The first-order chi connectivity index (χ1) is 15.5. The lowest BCUT2D eigenvalue weighted by atomic mass is 10.1. The van der Waals surface area contributed by atoms with Gasteiger partial charge in [0.25, 0.3) is 0 Å². The molecule has 1 heterocycles. The first-order valence-electron chi connectivity index (χ1n) is 10.3. The number of nitrogens with one attached hydrogen (secondary N) is 1. The van der Waals surface area contributed by atoms with Gasteiger partial charge < -0.3 is 19.7 Å². The molecule has 0 unspecified atom stereocenters. The molecule has 0 aliphatic carbocycles. The molecule has 168 valence electrons. The van der Waals surface area contributed by atoms with Crippen LogP contribution in [-0.4, -0.2) is 74.7 Å². The molecule has 1 fully saturated rings. The van der Waals surface area contributed by atoms with Crippen LogP contribution in [0.5, 0.6) is 0 Å². The third kappa shape index (κ3) is 6.18. The summed E-state index contributed by atoms with van der Waals surface area (Å²) < 4.78 is 9.46. The van der Waals surface area contributed by atoms with Crippen LogP contribution >= 0.6 is 0 Å². The molecule has 0 atom stereocenters. The van der Waals surface area contributed by atoms with E-state index in [0.29, 0.717) is 18.8 Å². The molecular weight excluding hydrogens is 410 g/mol. The van der Waals surface area contributed by atoms with Crippen LogP contribution in [0, 0.1) is 0 Å². The molecule has 2 amide bonds. The van der Waals surface area contributed by atoms with E-state index < -0.39 is 11.9 Å². The van der Waals surface area contributed by atoms with Crippen LogP contribution in [-0.2, 0) is 9.47 Å². The number of ether oxygens (including phenoxy) is 2. The number of piperazine rings is 1. The summed E-state index contributed by atoms with van der Waals surface area (Å²) in [5.74, 6) is -1.22. The highest BCUT2D eigenvalue weighted by atomic mass is 16.5. The molecule has 2 aromatic carbocycles. The Labute approximate surface area is 187 Å². The summed E-state index contributed by atoms with van der Waals surface area (Å²) in [5.41, 5.74) is 1.79. The molecule has 0 saturated carbocycles. The van der Waals surface area contributed by atoms with Gasteiger partial charge in [-0.3, -0.25) is 4.90 Å². The Balaban J connectivity index is 1.57. The van der Waals surface area contributed by atoms with Crippen molar-refractivity contribution in [2.45, 2.75) is 0 Å². The highest BCUT2D eigenvalue weighted by molar-refractivity contribution is 5.99. The zero-order valence-electron chi connectivity index (χ0n) is 18.2. The second kappa shape index (κ2) is 11.1. The maximum Gasteiger partial charge on any atom is 0.337 e. The molecular formula is C24H27N3O5. The number of nitrogens with zero attached hydrogens (tertiary/aromatic N) is 2. The number of carbonyl (C=O) groups excluding carboxylic acids is 3. The van der Waals surface area contributed by atoms with Gasteiger partial charge in [-0.2, -0.15) is 0 Å². The van der Waals surface area contributed by atoms with Gasteiger partial charge in [-0.1, -0.05) is 42.5 Å². The fourth-order valence-corrected chi connectivity index (χ4v) is 3.41.